The summed E-state index contributed by atoms with van der Waals surface area (Å²) in [5, 5.41) is 5.79. The van der Waals surface area contributed by atoms with Gasteiger partial charge in [-0.05, 0) is 82.0 Å². The lowest BCUT2D eigenvalue weighted by Crippen LogP contribution is -2.42. The summed E-state index contributed by atoms with van der Waals surface area (Å²) in [7, 11) is 0. The first kappa shape index (κ1) is 14.6. The highest BCUT2D eigenvalue weighted by atomic mass is 32.1. The zero-order valence-electron chi connectivity index (χ0n) is 12.9. The Hall–Kier alpha value is -0.380. The summed E-state index contributed by atoms with van der Waals surface area (Å²) in [5.74, 6) is 0.891. The van der Waals surface area contributed by atoms with E-state index in [1.54, 1.807) is 10.4 Å². The number of hydrogen-bond donors (Lipinski definition) is 1. The monoisotopic (exact) mass is 292 g/mol. The first-order valence-corrected chi connectivity index (χ1v) is 9.16. The van der Waals surface area contributed by atoms with Crippen molar-refractivity contribution in [3.63, 3.8) is 0 Å². The quantitative estimate of drug-likeness (QED) is 0.907. The minimum absolute atomic E-state index is 0.653. The fourth-order valence-corrected chi connectivity index (χ4v) is 4.85. The number of hydrogen-bond acceptors (Lipinski definition) is 3. The molecule has 1 N–H and O–H groups in total. The average molecular weight is 292 g/mol. The third-order valence-electron chi connectivity index (χ3n) is 5.01. The van der Waals surface area contributed by atoms with E-state index in [-0.39, 0.29) is 0 Å². The van der Waals surface area contributed by atoms with Gasteiger partial charge in [0, 0.05) is 23.5 Å². The number of fused-ring (bicyclic) bond motifs is 1. The molecule has 2 nitrogen and oxygen atoms in total. The normalized spacial score (nSPS) is 24.3. The van der Waals surface area contributed by atoms with E-state index in [2.05, 4.69) is 35.5 Å². The molecule has 0 saturated carbocycles. The van der Waals surface area contributed by atoms with Gasteiger partial charge in [-0.1, -0.05) is 0 Å². The summed E-state index contributed by atoms with van der Waals surface area (Å²) in [6, 6.07) is 3.72. The van der Waals surface area contributed by atoms with Gasteiger partial charge >= 0.3 is 0 Å². The highest BCUT2D eigenvalue weighted by Crippen LogP contribution is 2.38. The van der Waals surface area contributed by atoms with Crippen molar-refractivity contribution in [2.75, 3.05) is 19.6 Å². The lowest BCUT2D eigenvalue weighted by Gasteiger charge is -2.40. The smallest absolute Gasteiger partial charge is 0.0362 e. The summed E-state index contributed by atoms with van der Waals surface area (Å²) >= 11 is 1.97. The van der Waals surface area contributed by atoms with Gasteiger partial charge in [0.1, 0.15) is 0 Å². The van der Waals surface area contributed by atoms with Crippen LogP contribution in [0.25, 0.3) is 0 Å². The maximum absolute atomic E-state index is 3.49. The van der Waals surface area contributed by atoms with Crippen molar-refractivity contribution >= 4 is 11.3 Å². The molecule has 1 aliphatic heterocycles. The first-order valence-electron chi connectivity index (χ1n) is 8.28. The van der Waals surface area contributed by atoms with E-state index in [1.165, 1.54) is 51.7 Å². The molecule has 20 heavy (non-hydrogen) atoms. The third kappa shape index (κ3) is 3.10. The Kier molecular flexibility index (Phi) is 4.79. The zero-order chi connectivity index (χ0) is 13.9. The molecule has 1 aromatic heterocycles. The van der Waals surface area contributed by atoms with Crippen LogP contribution in [0.15, 0.2) is 11.4 Å². The van der Waals surface area contributed by atoms with Gasteiger partial charge in [-0.3, -0.25) is 4.90 Å². The number of rotatable bonds is 4. The summed E-state index contributed by atoms with van der Waals surface area (Å²) < 4.78 is 0. The van der Waals surface area contributed by atoms with E-state index in [9.17, 15) is 0 Å². The van der Waals surface area contributed by atoms with E-state index in [4.69, 9.17) is 0 Å². The van der Waals surface area contributed by atoms with Crippen molar-refractivity contribution in [3.8, 4) is 0 Å². The summed E-state index contributed by atoms with van der Waals surface area (Å²) in [5.41, 5.74) is 1.64. The van der Waals surface area contributed by atoms with Crippen LogP contribution in [0, 0.1) is 5.92 Å². The van der Waals surface area contributed by atoms with Crippen LogP contribution in [-0.4, -0.2) is 30.6 Å². The molecule has 0 spiro atoms. The summed E-state index contributed by atoms with van der Waals surface area (Å²) in [6.07, 6.45) is 6.74. The fourth-order valence-electron chi connectivity index (χ4n) is 3.87. The molecule has 0 bridgehead atoms. The number of thiophene rings is 1. The van der Waals surface area contributed by atoms with Crippen LogP contribution in [0.4, 0.5) is 0 Å². The van der Waals surface area contributed by atoms with Gasteiger partial charge in [0.05, 0.1) is 0 Å². The molecule has 0 aromatic carbocycles. The molecule has 1 aromatic rings. The van der Waals surface area contributed by atoms with Crippen LogP contribution in [0.3, 0.4) is 0 Å². The van der Waals surface area contributed by atoms with Crippen LogP contribution >= 0.6 is 11.3 Å². The Morgan fingerprint density at radius 2 is 2.10 bits per heavy atom. The van der Waals surface area contributed by atoms with Crippen LogP contribution in [0.1, 0.15) is 56.0 Å². The lowest BCUT2D eigenvalue weighted by atomic mass is 9.89. The van der Waals surface area contributed by atoms with Gasteiger partial charge in [0.15, 0.2) is 0 Å². The molecule has 3 rings (SSSR count). The Balaban J connectivity index is 1.74. The van der Waals surface area contributed by atoms with Gasteiger partial charge < -0.3 is 5.32 Å². The highest BCUT2D eigenvalue weighted by molar-refractivity contribution is 7.10. The maximum atomic E-state index is 3.49. The third-order valence-corrected chi connectivity index (χ3v) is 6.01. The standard InChI is InChI=1S/C17H28N2S/c1-13(2)19(12-14-6-9-18-10-7-14)16-4-3-5-17-15(16)8-11-20-17/h8,11,13-14,16,18H,3-7,9-10,12H2,1-2H3. The Morgan fingerprint density at radius 1 is 1.30 bits per heavy atom. The predicted molar refractivity (Wildman–Crippen MR) is 87.4 cm³/mol. The average Bonchev–Trinajstić information content (AvgIpc) is 2.94. The van der Waals surface area contributed by atoms with Crippen LogP contribution in [-0.2, 0) is 6.42 Å². The molecule has 1 saturated heterocycles. The Labute approximate surface area is 127 Å². The van der Waals surface area contributed by atoms with Crippen molar-refractivity contribution in [2.24, 2.45) is 5.92 Å². The minimum Gasteiger partial charge on any atom is -0.317 e. The van der Waals surface area contributed by atoms with Crippen molar-refractivity contribution in [2.45, 2.75) is 58.0 Å². The van der Waals surface area contributed by atoms with E-state index < -0.39 is 0 Å². The highest BCUT2D eigenvalue weighted by Gasteiger charge is 2.30. The molecular weight excluding hydrogens is 264 g/mol. The maximum Gasteiger partial charge on any atom is 0.0362 e. The molecule has 112 valence electrons. The second-order valence-corrected chi connectivity index (χ2v) is 7.69. The molecule has 1 atom stereocenters. The Bertz CT molecular complexity index is 420. The molecule has 2 heterocycles. The second-order valence-electron chi connectivity index (χ2n) is 6.69. The number of nitrogens with one attached hydrogen (secondary N) is 1. The van der Waals surface area contributed by atoms with Crippen molar-refractivity contribution in [3.05, 3.63) is 21.9 Å². The zero-order valence-corrected chi connectivity index (χ0v) is 13.7. The van der Waals surface area contributed by atoms with Crippen molar-refractivity contribution in [1.29, 1.82) is 0 Å². The van der Waals surface area contributed by atoms with Crippen LogP contribution in [0.2, 0.25) is 0 Å². The largest absolute Gasteiger partial charge is 0.317 e. The minimum atomic E-state index is 0.653. The topological polar surface area (TPSA) is 15.3 Å². The summed E-state index contributed by atoms with van der Waals surface area (Å²) in [4.78, 5) is 4.44. The van der Waals surface area contributed by atoms with Crippen molar-refractivity contribution in [1.82, 2.24) is 10.2 Å². The number of piperidine rings is 1. The van der Waals surface area contributed by atoms with Crippen LogP contribution < -0.4 is 5.32 Å². The van der Waals surface area contributed by atoms with E-state index in [0.29, 0.717) is 12.1 Å². The molecular formula is C17H28N2S. The molecule has 3 heteroatoms. The van der Waals surface area contributed by atoms with E-state index in [1.807, 2.05) is 11.3 Å². The van der Waals surface area contributed by atoms with Gasteiger partial charge in [-0.25, -0.2) is 0 Å². The Morgan fingerprint density at radius 3 is 2.85 bits per heavy atom. The molecule has 2 aliphatic rings. The van der Waals surface area contributed by atoms with E-state index >= 15 is 0 Å². The van der Waals surface area contributed by atoms with Crippen molar-refractivity contribution < 1.29 is 0 Å². The lowest BCUT2D eigenvalue weighted by molar-refractivity contribution is 0.105. The fraction of sp³-hybridized carbons (Fsp3) is 0.765. The predicted octanol–water partition coefficient (Wildman–Crippen LogP) is 3.84. The second kappa shape index (κ2) is 6.59. The van der Waals surface area contributed by atoms with Gasteiger partial charge in [-0.15, -0.1) is 11.3 Å². The number of aryl methyl sites for hydroxylation is 1. The van der Waals surface area contributed by atoms with E-state index in [0.717, 1.165) is 5.92 Å². The molecule has 0 amide bonds. The molecule has 1 aliphatic carbocycles. The molecule has 0 radical (unpaired) electrons. The summed E-state index contributed by atoms with van der Waals surface area (Å²) in [6.45, 7) is 8.47. The van der Waals surface area contributed by atoms with Crippen LogP contribution in [0.5, 0.6) is 0 Å². The van der Waals surface area contributed by atoms with Gasteiger partial charge in [0.25, 0.3) is 0 Å². The first-order chi connectivity index (χ1) is 9.75. The molecule has 1 unspecified atom stereocenters. The van der Waals surface area contributed by atoms with Gasteiger partial charge in [-0.2, -0.15) is 0 Å². The number of nitrogens with zero attached hydrogens (tertiary/aromatic N) is 1. The molecule has 1 fully saturated rings. The van der Waals surface area contributed by atoms with Gasteiger partial charge in [0.2, 0.25) is 0 Å². The SMILES string of the molecule is CC(C)N(CC1CCNCC1)C1CCCc2sccc21.